The van der Waals surface area contributed by atoms with Crippen molar-refractivity contribution in [3.05, 3.63) is 56.7 Å². The lowest BCUT2D eigenvalue weighted by Gasteiger charge is -2.34. The van der Waals surface area contributed by atoms with E-state index in [9.17, 15) is 5.11 Å². The zero-order valence-electron chi connectivity index (χ0n) is 12.1. The van der Waals surface area contributed by atoms with E-state index in [2.05, 4.69) is 23.3 Å². The molecule has 0 amide bonds. The van der Waals surface area contributed by atoms with E-state index in [4.69, 9.17) is 11.6 Å². The van der Waals surface area contributed by atoms with Crippen molar-refractivity contribution < 1.29 is 5.11 Å². The summed E-state index contributed by atoms with van der Waals surface area (Å²) in [4.78, 5) is 3.99. The van der Waals surface area contributed by atoms with Gasteiger partial charge >= 0.3 is 0 Å². The van der Waals surface area contributed by atoms with Crippen LogP contribution in [0.3, 0.4) is 0 Å². The maximum atomic E-state index is 10.3. The molecular formula is C17H20ClNOS. The molecule has 2 heterocycles. The first-order valence-electron chi connectivity index (χ1n) is 7.39. The molecule has 0 saturated carbocycles. The fourth-order valence-electron chi connectivity index (χ4n) is 3.01. The molecule has 1 N–H and O–H groups in total. The average molecular weight is 322 g/mol. The van der Waals surface area contributed by atoms with E-state index in [0.29, 0.717) is 11.1 Å². The van der Waals surface area contributed by atoms with Crippen molar-refractivity contribution in [1.29, 1.82) is 0 Å². The summed E-state index contributed by atoms with van der Waals surface area (Å²) in [5, 5.41) is 13.2. The lowest BCUT2D eigenvalue weighted by Crippen LogP contribution is -2.34. The first-order valence-corrected chi connectivity index (χ1v) is 8.65. The highest BCUT2D eigenvalue weighted by molar-refractivity contribution is 7.10. The Balaban J connectivity index is 1.59. The molecule has 1 aromatic heterocycles. The largest absolute Gasteiger partial charge is 0.388 e. The second-order valence-electron chi connectivity index (χ2n) is 5.62. The zero-order chi connectivity index (χ0) is 14.8. The van der Waals surface area contributed by atoms with Crippen molar-refractivity contribution in [3.8, 4) is 0 Å². The molecule has 1 aromatic carbocycles. The summed E-state index contributed by atoms with van der Waals surface area (Å²) >= 11 is 7.75. The van der Waals surface area contributed by atoms with Crippen molar-refractivity contribution >= 4 is 22.9 Å². The van der Waals surface area contributed by atoms with Gasteiger partial charge in [-0.3, -0.25) is 4.90 Å². The maximum absolute atomic E-state index is 10.3. The van der Waals surface area contributed by atoms with Gasteiger partial charge in [-0.1, -0.05) is 23.7 Å². The van der Waals surface area contributed by atoms with Crippen molar-refractivity contribution in [1.82, 2.24) is 4.90 Å². The van der Waals surface area contributed by atoms with Gasteiger partial charge in [0.15, 0.2) is 0 Å². The summed E-state index contributed by atoms with van der Waals surface area (Å²) in [5.41, 5.74) is 2.41. The van der Waals surface area contributed by atoms with Crippen LogP contribution in [0.25, 0.3) is 0 Å². The van der Waals surface area contributed by atoms with Crippen LogP contribution in [0.2, 0.25) is 5.02 Å². The molecule has 2 aromatic rings. The molecule has 3 rings (SSSR count). The van der Waals surface area contributed by atoms with Gasteiger partial charge in [0.25, 0.3) is 0 Å². The molecule has 2 nitrogen and oxygen atoms in total. The molecule has 0 spiro atoms. The Morgan fingerprint density at radius 2 is 2.10 bits per heavy atom. The van der Waals surface area contributed by atoms with E-state index in [1.807, 2.05) is 35.6 Å². The number of halogens is 1. The molecule has 0 fully saturated rings. The SMILES string of the molecule is CC1c2ccsc2CCN1CCC(O)c1ccc(Cl)cc1. The third kappa shape index (κ3) is 3.32. The molecule has 1 aliphatic heterocycles. The summed E-state index contributed by atoms with van der Waals surface area (Å²) in [5.74, 6) is 0. The summed E-state index contributed by atoms with van der Waals surface area (Å²) in [6.07, 6.45) is 1.47. The van der Waals surface area contributed by atoms with Crippen molar-refractivity contribution in [2.24, 2.45) is 0 Å². The standard InChI is InChI=1S/C17H20ClNOS/c1-12-15-8-11-21-17(15)7-10-19(12)9-6-16(20)13-2-4-14(18)5-3-13/h2-5,8,11-12,16,20H,6-7,9-10H2,1H3. The monoisotopic (exact) mass is 321 g/mol. The summed E-state index contributed by atoms with van der Waals surface area (Å²) in [6.45, 7) is 4.27. The van der Waals surface area contributed by atoms with Crippen LogP contribution in [0.1, 0.15) is 41.5 Å². The minimum absolute atomic E-state index is 0.418. The van der Waals surface area contributed by atoms with Crippen LogP contribution >= 0.6 is 22.9 Å². The third-order valence-electron chi connectivity index (χ3n) is 4.35. The van der Waals surface area contributed by atoms with E-state index >= 15 is 0 Å². The van der Waals surface area contributed by atoms with Gasteiger partial charge in [0.1, 0.15) is 0 Å². The predicted octanol–water partition coefficient (Wildman–Crippen LogP) is 4.44. The second-order valence-corrected chi connectivity index (χ2v) is 7.05. The topological polar surface area (TPSA) is 23.5 Å². The minimum atomic E-state index is -0.418. The predicted molar refractivity (Wildman–Crippen MR) is 89.0 cm³/mol. The molecule has 0 saturated heterocycles. The van der Waals surface area contributed by atoms with E-state index < -0.39 is 6.10 Å². The van der Waals surface area contributed by atoms with Crippen LogP contribution in [0.4, 0.5) is 0 Å². The smallest absolute Gasteiger partial charge is 0.0802 e. The maximum Gasteiger partial charge on any atom is 0.0802 e. The number of fused-ring (bicyclic) bond motifs is 1. The van der Waals surface area contributed by atoms with Gasteiger partial charge in [-0.25, -0.2) is 0 Å². The Morgan fingerprint density at radius 3 is 2.86 bits per heavy atom. The Bertz CT molecular complexity index is 595. The average Bonchev–Trinajstić information content (AvgIpc) is 2.96. The molecule has 4 heteroatoms. The molecule has 0 aliphatic carbocycles. The lowest BCUT2D eigenvalue weighted by atomic mass is 10.00. The van der Waals surface area contributed by atoms with Crippen molar-refractivity contribution in [2.45, 2.75) is 31.9 Å². The molecule has 2 unspecified atom stereocenters. The number of hydrogen-bond donors (Lipinski definition) is 1. The Labute approximate surface area is 135 Å². The van der Waals surface area contributed by atoms with Gasteiger partial charge in [-0.2, -0.15) is 0 Å². The first kappa shape index (κ1) is 15.0. The highest BCUT2D eigenvalue weighted by Crippen LogP contribution is 2.33. The van der Waals surface area contributed by atoms with Gasteiger partial charge in [0, 0.05) is 29.0 Å². The molecule has 0 bridgehead atoms. The highest BCUT2D eigenvalue weighted by Gasteiger charge is 2.24. The quantitative estimate of drug-likeness (QED) is 0.899. The first-order chi connectivity index (χ1) is 10.1. The van der Waals surface area contributed by atoms with Crippen LogP contribution in [0, 0.1) is 0 Å². The lowest BCUT2D eigenvalue weighted by molar-refractivity contribution is 0.123. The van der Waals surface area contributed by atoms with Gasteiger partial charge < -0.3 is 5.11 Å². The van der Waals surface area contributed by atoms with Gasteiger partial charge in [0.2, 0.25) is 0 Å². The fourth-order valence-corrected chi connectivity index (χ4v) is 4.10. The van der Waals surface area contributed by atoms with Crippen LogP contribution < -0.4 is 0 Å². The van der Waals surface area contributed by atoms with E-state index in [-0.39, 0.29) is 0 Å². The molecule has 2 atom stereocenters. The van der Waals surface area contributed by atoms with Crippen LogP contribution in [0.15, 0.2) is 35.7 Å². The van der Waals surface area contributed by atoms with E-state index in [0.717, 1.165) is 31.5 Å². The zero-order valence-corrected chi connectivity index (χ0v) is 13.7. The third-order valence-corrected chi connectivity index (χ3v) is 5.60. The van der Waals surface area contributed by atoms with Gasteiger partial charge in [-0.05, 0) is 54.5 Å². The minimum Gasteiger partial charge on any atom is -0.388 e. The van der Waals surface area contributed by atoms with E-state index in [1.54, 1.807) is 0 Å². The number of aliphatic hydroxyl groups is 1. The Morgan fingerprint density at radius 1 is 1.33 bits per heavy atom. The summed E-state index contributed by atoms with van der Waals surface area (Å²) < 4.78 is 0. The Kier molecular flexibility index (Phi) is 4.65. The number of nitrogens with zero attached hydrogens (tertiary/aromatic N) is 1. The van der Waals surface area contributed by atoms with Crippen LogP contribution in [-0.4, -0.2) is 23.1 Å². The van der Waals surface area contributed by atoms with Crippen molar-refractivity contribution in [3.63, 3.8) is 0 Å². The number of rotatable bonds is 4. The molecular weight excluding hydrogens is 302 g/mol. The van der Waals surface area contributed by atoms with Gasteiger partial charge in [0.05, 0.1) is 6.10 Å². The molecule has 0 radical (unpaired) electrons. The molecule has 1 aliphatic rings. The van der Waals surface area contributed by atoms with Crippen molar-refractivity contribution in [2.75, 3.05) is 13.1 Å². The number of aliphatic hydroxyl groups excluding tert-OH is 1. The summed E-state index contributed by atoms with van der Waals surface area (Å²) in [6, 6.07) is 10.2. The second kappa shape index (κ2) is 6.49. The molecule has 21 heavy (non-hydrogen) atoms. The van der Waals surface area contributed by atoms with Crippen LogP contribution in [0.5, 0.6) is 0 Å². The number of thiophene rings is 1. The number of hydrogen-bond acceptors (Lipinski definition) is 3. The van der Waals surface area contributed by atoms with E-state index in [1.165, 1.54) is 10.4 Å². The molecule has 112 valence electrons. The highest BCUT2D eigenvalue weighted by atomic mass is 35.5. The van der Waals surface area contributed by atoms with Crippen LogP contribution in [-0.2, 0) is 6.42 Å². The normalized spacial score (nSPS) is 20.2. The summed E-state index contributed by atoms with van der Waals surface area (Å²) in [7, 11) is 0. The fraction of sp³-hybridized carbons (Fsp3) is 0.412. The Hall–Kier alpha value is -0.870. The number of benzene rings is 1. The van der Waals surface area contributed by atoms with Gasteiger partial charge in [-0.15, -0.1) is 11.3 Å².